The average Bonchev–Trinajstić information content (AvgIpc) is 2.27. The van der Waals surface area contributed by atoms with E-state index >= 15 is 0 Å². The van der Waals surface area contributed by atoms with Gasteiger partial charge in [-0.15, -0.1) is 0 Å². The van der Waals surface area contributed by atoms with Gasteiger partial charge in [0.05, 0.1) is 9.64 Å². The molecule has 0 unspecified atom stereocenters. The van der Waals surface area contributed by atoms with E-state index in [1.54, 1.807) is 32.9 Å². The van der Waals surface area contributed by atoms with E-state index in [1.807, 2.05) is 30.3 Å². The Bertz CT molecular complexity index is 649. The van der Waals surface area contributed by atoms with Crippen LogP contribution < -0.4 is 0 Å². The van der Waals surface area contributed by atoms with Gasteiger partial charge in [-0.1, -0.05) is 30.3 Å². The van der Waals surface area contributed by atoms with Gasteiger partial charge in [-0.2, -0.15) is 0 Å². The van der Waals surface area contributed by atoms with E-state index in [0.717, 1.165) is 10.8 Å². The first-order valence-corrected chi connectivity index (χ1v) is 7.04. The summed E-state index contributed by atoms with van der Waals surface area (Å²) in [6, 6.07) is 13.0. The molecule has 0 aliphatic carbocycles. The normalized spacial score (nSPS) is 12.9. The highest BCUT2D eigenvalue weighted by Crippen LogP contribution is 2.27. The van der Waals surface area contributed by atoms with Crippen LogP contribution in [-0.4, -0.2) is 13.2 Å². The Hall–Kier alpha value is -1.35. The fourth-order valence-corrected chi connectivity index (χ4v) is 2.92. The van der Waals surface area contributed by atoms with Crippen LogP contribution in [0.4, 0.5) is 0 Å². The van der Waals surface area contributed by atoms with Crippen molar-refractivity contribution in [3.8, 4) is 0 Å². The molecule has 2 aromatic rings. The lowest BCUT2D eigenvalue weighted by Gasteiger charge is -2.19. The molecule has 0 heterocycles. The minimum atomic E-state index is -3.27. The van der Waals surface area contributed by atoms with E-state index in [1.165, 1.54) is 0 Å². The summed E-state index contributed by atoms with van der Waals surface area (Å²) in [6.07, 6.45) is 0. The fourth-order valence-electron chi connectivity index (χ4n) is 1.69. The zero-order valence-corrected chi connectivity index (χ0v) is 11.1. The predicted octanol–water partition coefficient (Wildman–Crippen LogP) is 3.41. The molecule has 0 spiro atoms. The summed E-state index contributed by atoms with van der Waals surface area (Å²) in [6.45, 7) is 5.16. The number of rotatable bonds is 1. The van der Waals surface area contributed by atoms with E-state index in [-0.39, 0.29) is 0 Å². The molecule has 0 bridgehead atoms. The van der Waals surface area contributed by atoms with Crippen LogP contribution in [0.15, 0.2) is 47.4 Å². The van der Waals surface area contributed by atoms with Crippen molar-refractivity contribution in [3.05, 3.63) is 42.5 Å². The SMILES string of the molecule is CC(C)(C)S(=O)(=O)c1ccc2ccccc2c1. The van der Waals surface area contributed by atoms with E-state index in [9.17, 15) is 8.42 Å². The van der Waals surface area contributed by atoms with E-state index in [2.05, 4.69) is 0 Å². The van der Waals surface area contributed by atoms with Gasteiger partial charge < -0.3 is 0 Å². The highest BCUT2D eigenvalue weighted by Gasteiger charge is 2.30. The number of hydrogen-bond acceptors (Lipinski definition) is 2. The standard InChI is InChI=1S/C14H16O2S/c1-14(2,3)17(15,16)13-9-8-11-6-4-5-7-12(11)10-13/h4-10H,1-3H3. The zero-order chi connectivity index (χ0) is 12.7. The average molecular weight is 248 g/mol. The Morgan fingerprint density at radius 2 is 1.47 bits per heavy atom. The van der Waals surface area contributed by atoms with Gasteiger partial charge >= 0.3 is 0 Å². The van der Waals surface area contributed by atoms with Crippen LogP contribution in [-0.2, 0) is 9.84 Å². The van der Waals surface area contributed by atoms with Crippen molar-refractivity contribution in [1.82, 2.24) is 0 Å². The molecule has 90 valence electrons. The number of sulfone groups is 1. The molecule has 0 atom stereocenters. The Morgan fingerprint density at radius 1 is 0.882 bits per heavy atom. The number of hydrogen-bond donors (Lipinski definition) is 0. The first-order valence-electron chi connectivity index (χ1n) is 5.56. The molecular weight excluding hydrogens is 232 g/mol. The lowest BCUT2D eigenvalue weighted by atomic mass is 10.1. The van der Waals surface area contributed by atoms with Crippen LogP contribution in [0.5, 0.6) is 0 Å². The maximum absolute atomic E-state index is 12.3. The molecule has 0 N–H and O–H groups in total. The molecule has 2 rings (SSSR count). The third-order valence-corrected chi connectivity index (χ3v) is 5.32. The van der Waals surface area contributed by atoms with Crippen LogP contribution in [0.3, 0.4) is 0 Å². The van der Waals surface area contributed by atoms with Gasteiger partial charge in [0.15, 0.2) is 9.84 Å². The molecule has 0 aliphatic heterocycles. The number of benzene rings is 2. The third-order valence-electron chi connectivity index (χ3n) is 2.84. The van der Waals surface area contributed by atoms with Crippen molar-refractivity contribution in [1.29, 1.82) is 0 Å². The van der Waals surface area contributed by atoms with Crippen molar-refractivity contribution in [2.45, 2.75) is 30.4 Å². The largest absolute Gasteiger partial charge is 0.223 e. The molecular formula is C14H16O2S. The van der Waals surface area contributed by atoms with Crippen LogP contribution >= 0.6 is 0 Å². The van der Waals surface area contributed by atoms with Crippen molar-refractivity contribution >= 4 is 20.6 Å². The Kier molecular flexibility index (Phi) is 2.74. The van der Waals surface area contributed by atoms with Crippen LogP contribution in [0.2, 0.25) is 0 Å². The summed E-state index contributed by atoms with van der Waals surface area (Å²) >= 11 is 0. The summed E-state index contributed by atoms with van der Waals surface area (Å²) in [5.41, 5.74) is 0. The molecule has 0 amide bonds. The van der Waals surface area contributed by atoms with Crippen molar-refractivity contribution in [2.75, 3.05) is 0 Å². The zero-order valence-electron chi connectivity index (χ0n) is 10.3. The quantitative estimate of drug-likeness (QED) is 0.775. The summed E-state index contributed by atoms with van der Waals surface area (Å²) in [4.78, 5) is 0.392. The van der Waals surface area contributed by atoms with Gasteiger partial charge in [0.1, 0.15) is 0 Å². The van der Waals surface area contributed by atoms with Crippen molar-refractivity contribution in [2.24, 2.45) is 0 Å². The molecule has 0 aliphatic rings. The second kappa shape index (κ2) is 3.84. The van der Waals surface area contributed by atoms with E-state index in [4.69, 9.17) is 0 Å². The predicted molar refractivity (Wildman–Crippen MR) is 70.9 cm³/mol. The van der Waals surface area contributed by atoms with Crippen LogP contribution in [0.25, 0.3) is 10.8 Å². The lowest BCUT2D eigenvalue weighted by Crippen LogP contribution is -2.27. The molecule has 17 heavy (non-hydrogen) atoms. The van der Waals surface area contributed by atoms with Gasteiger partial charge in [-0.3, -0.25) is 0 Å². The molecule has 3 heteroatoms. The first-order chi connectivity index (χ1) is 7.82. The van der Waals surface area contributed by atoms with E-state index in [0.29, 0.717) is 4.90 Å². The van der Waals surface area contributed by atoms with Crippen LogP contribution in [0.1, 0.15) is 20.8 Å². The Balaban J connectivity index is 2.66. The Morgan fingerprint density at radius 3 is 2.06 bits per heavy atom. The van der Waals surface area contributed by atoms with Gasteiger partial charge in [0.25, 0.3) is 0 Å². The number of fused-ring (bicyclic) bond motifs is 1. The van der Waals surface area contributed by atoms with Crippen molar-refractivity contribution in [3.63, 3.8) is 0 Å². The second-order valence-electron chi connectivity index (χ2n) is 5.12. The maximum Gasteiger partial charge on any atom is 0.183 e. The molecule has 0 saturated carbocycles. The van der Waals surface area contributed by atoms with Gasteiger partial charge in [-0.25, -0.2) is 8.42 Å². The smallest absolute Gasteiger partial charge is 0.183 e. The fraction of sp³-hybridized carbons (Fsp3) is 0.286. The molecule has 0 aromatic heterocycles. The lowest BCUT2D eigenvalue weighted by molar-refractivity contribution is 0.560. The minimum absolute atomic E-state index is 0.392. The van der Waals surface area contributed by atoms with Crippen LogP contribution in [0, 0.1) is 0 Å². The summed E-state index contributed by atoms with van der Waals surface area (Å²) in [5.74, 6) is 0. The highest BCUT2D eigenvalue weighted by molar-refractivity contribution is 7.92. The third kappa shape index (κ3) is 2.07. The first kappa shape index (κ1) is 12.1. The monoisotopic (exact) mass is 248 g/mol. The molecule has 2 nitrogen and oxygen atoms in total. The topological polar surface area (TPSA) is 34.1 Å². The minimum Gasteiger partial charge on any atom is -0.223 e. The van der Waals surface area contributed by atoms with Crippen molar-refractivity contribution < 1.29 is 8.42 Å². The summed E-state index contributed by atoms with van der Waals surface area (Å²) in [5, 5.41) is 2.01. The van der Waals surface area contributed by atoms with Gasteiger partial charge in [-0.05, 0) is 43.7 Å². The summed E-state index contributed by atoms with van der Waals surface area (Å²) < 4.78 is 23.8. The maximum atomic E-state index is 12.3. The molecule has 0 radical (unpaired) electrons. The second-order valence-corrected chi connectivity index (χ2v) is 7.83. The van der Waals surface area contributed by atoms with Gasteiger partial charge in [0.2, 0.25) is 0 Å². The Labute approximate surface area is 102 Å². The summed E-state index contributed by atoms with van der Waals surface area (Å²) in [7, 11) is -3.27. The highest BCUT2D eigenvalue weighted by atomic mass is 32.2. The molecule has 2 aromatic carbocycles. The van der Waals surface area contributed by atoms with Gasteiger partial charge in [0, 0.05) is 0 Å². The van der Waals surface area contributed by atoms with E-state index < -0.39 is 14.6 Å². The molecule has 0 fully saturated rings. The molecule has 0 saturated heterocycles.